The Labute approximate surface area is 288 Å². The van der Waals surface area contributed by atoms with E-state index in [1.807, 2.05) is 0 Å². The summed E-state index contributed by atoms with van der Waals surface area (Å²) in [6, 6.07) is 3.40. The molecule has 0 fully saturated rings. The van der Waals surface area contributed by atoms with Crippen LogP contribution in [0.1, 0.15) is 220 Å². The Morgan fingerprint density at radius 3 is 0.870 bits per heavy atom. The van der Waals surface area contributed by atoms with Crippen LogP contribution in [0.4, 0.5) is 0 Å². The van der Waals surface area contributed by atoms with Gasteiger partial charge in [-0.15, -0.1) is 0 Å². The monoisotopic (exact) mass is 665 g/mol. The first-order valence-corrected chi connectivity index (χ1v) is 23.3. The fraction of sp³-hybridized carbons (Fsp3) is 0.902. The molecule has 0 aliphatic rings. The predicted octanol–water partition coefficient (Wildman–Crippen LogP) is 14.2. The number of carboxylic acid groups (broad SMARTS) is 2. The minimum absolute atomic E-state index is 0.158. The van der Waals surface area contributed by atoms with Crippen LogP contribution >= 0.6 is 0 Å². The standard InChI is InChI=1S/C41H80O4Si/c1-4-7-10-13-16-19-22-25-28-31-34-46(38-39(41(44)45)37-40(42)43,35-32-29-26-23-20-17-14-11-8-5-2)36-33-30-27-24-21-18-15-12-9-6-3/h38H,4-37H2,1-3H3,(H,42,43)(H,44,45). The summed E-state index contributed by atoms with van der Waals surface area (Å²) in [7, 11) is -2.07. The topological polar surface area (TPSA) is 74.6 Å². The summed E-state index contributed by atoms with van der Waals surface area (Å²) in [5.74, 6) is -2.04. The zero-order valence-electron chi connectivity index (χ0n) is 31.3. The first-order chi connectivity index (χ1) is 22.4. The number of unbranched alkanes of at least 4 members (excludes halogenated alkanes) is 27. The van der Waals surface area contributed by atoms with Crippen molar-refractivity contribution in [3.05, 3.63) is 11.3 Å². The highest BCUT2D eigenvalue weighted by atomic mass is 28.3. The molecule has 46 heavy (non-hydrogen) atoms. The van der Waals surface area contributed by atoms with E-state index in [1.54, 1.807) is 0 Å². The Kier molecular flexibility index (Phi) is 33.0. The quantitative estimate of drug-likeness (QED) is 0.0394. The summed E-state index contributed by atoms with van der Waals surface area (Å²) in [4.78, 5) is 23.9. The molecule has 0 spiro atoms. The summed E-state index contributed by atoms with van der Waals surface area (Å²) in [6.45, 7) is 6.81. The van der Waals surface area contributed by atoms with E-state index >= 15 is 0 Å². The van der Waals surface area contributed by atoms with Crippen molar-refractivity contribution < 1.29 is 19.8 Å². The largest absolute Gasteiger partial charge is 0.481 e. The van der Waals surface area contributed by atoms with Crippen LogP contribution < -0.4 is 0 Å². The normalized spacial score (nSPS) is 12.2. The number of aliphatic carboxylic acids is 2. The molecular weight excluding hydrogens is 585 g/mol. The highest BCUT2D eigenvalue weighted by Crippen LogP contribution is 2.33. The van der Waals surface area contributed by atoms with Gasteiger partial charge in [0.15, 0.2) is 0 Å². The van der Waals surface area contributed by atoms with Crippen molar-refractivity contribution >= 4 is 20.0 Å². The number of hydrogen-bond acceptors (Lipinski definition) is 2. The van der Waals surface area contributed by atoms with Crippen molar-refractivity contribution in [1.82, 2.24) is 0 Å². The van der Waals surface area contributed by atoms with E-state index in [0.29, 0.717) is 0 Å². The van der Waals surface area contributed by atoms with Crippen LogP contribution in [-0.4, -0.2) is 30.2 Å². The minimum Gasteiger partial charge on any atom is -0.481 e. The number of hydrogen-bond donors (Lipinski definition) is 2. The average Bonchev–Trinajstić information content (AvgIpc) is 3.03. The van der Waals surface area contributed by atoms with Gasteiger partial charge in [-0.05, 0) is 0 Å². The van der Waals surface area contributed by atoms with E-state index in [4.69, 9.17) is 0 Å². The molecule has 0 rings (SSSR count). The molecule has 4 nitrogen and oxygen atoms in total. The van der Waals surface area contributed by atoms with E-state index < -0.39 is 20.0 Å². The third-order valence-corrected chi connectivity index (χ3v) is 15.2. The molecule has 0 aromatic heterocycles. The SMILES string of the molecule is CCCCCCCCCCCC[Si](C=C(CC(=O)O)C(=O)O)(CCCCCCCCCCCC)CCCCCCCCCCCC. The molecule has 0 atom stereocenters. The summed E-state index contributed by atoms with van der Waals surface area (Å²) in [6.07, 6.45) is 38.9. The lowest BCUT2D eigenvalue weighted by Crippen LogP contribution is -2.33. The van der Waals surface area contributed by atoms with Gasteiger partial charge in [0.25, 0.3) is 0 Å². The number of carbonyl (C=O) groups is 2. The van der Waals surface area contributed by atoms with Gasteiger partial charge < -0.3 is 10.2 Å². The first-order valence-electron chi connectivity index (χ1n) is 20.6. The molecular formula is C41H80O4Si. The lowest BCUT2D eigenvalue weighted by molar-refractivity contribution is -0.139. The van der Waals surface area contributed by atoms with Gasteiger partial charge in [-0.1, -0.05) is 237 Å². The molecule has 5 heteroatoms. The number of carboxylic acids is 2. The fourth-order valence-corrected chi connectivity index (χ4v) is 12.2. The molecule has 0 aliphatic heterocycles. The van der Waals surface area contributed by atoms with E-state index in [0.717, 1.165) is 18.1 Å². The lowest BCUT2D eigenvalue weighted by Gasteiger charge is -2.30. The third kappa shape index (κ3) is 29.1. The van der Waals surface area contributed by atoms with Crippen molar-refractivity contribution in [1.29, 1.82) is 0 Å². The van der Waals surface area contributed by atoms with Crippen molar-refractivity contribution in [2.45, 2.75) is 238 Å². The maximum absolute atomic E-state index is 12.2. The smallest absolute Gasteiger partial charge is 0.331 e. The Hall–Kier alpha value is -1.10. The zero-order chi connectivity index (χ0) is 34.0. The Bertz CT molecular complexity index is 659. The van der Waals surface area contributed by atoms with Gasteiger partial charge in [-0.25, -0.2) is 4.79 Å². The molecule has 0 heterocycles. The predicted molar refractivity (Wildman–Crippen MR) is 204 cm³/mol. The molecule has 0 unspecified atom stereocenters. The van der Waals surface area contributed by atoms with Gasteiger partial charge in [0.05, 0.1) is 14.5 Å². The number of rotatable bonds is 37. The summed E-state index contributed by atoms with van der Waals surface area (Å²) >= 11 is 0. The van der Waals surface area contributed by atoms with Gasteiger partial charge in [0, 0.05) is 5.57 Å². The molecule has 272 valence electrons. The molecule has 0 bridgehead atoms. The molecule has 0 aliphatic carbocycles. The lowest BCUT2D eigenvalue weighted by atomic mass is 10.1. The van der Waals surface area contributed by atoms with Crippen LogP contribution in [0.25, 0.3) is 0 Å². The van der Waals surface area contributed by atoms with Crippen molar-refractivity contribution in [2.24, 2.45) is 0 Å². The minimum atomic E-state index is -2.07. The van der Waals surface area contributed by atoms with E-state index in [9.17, 15) is 19.8 Å². The average molecular weight is 665 g/mol. The molecule has 2 N–H and O–H groups in total. The fourth-order valence-electron chi connectivity index (χ4n) is 7.21. The Balaban J connectivity index is 5.21. The van der Waals surface area contributed by atoms with Crippen molar-refractivity contribution in [3.8, 4) is 0 Å². The van der Waals surface area contributed by atoms with Crippen molar-refractivity contribution in [2.75, 3.05) is 0 Å². The Morgan fingerprint density at radius 1 is 0.413 bits per heavy atom. The van der Waals surface area contributed by atoms with Gasteiger partial charge in [-0.3, -0.25) is 4.79 Å². The highest BCUT2D eigenvalue weighted by molar-refractivity contribution is 6.84. The van der Waals surface area contributed by atoms with Crippen LogP contribution in [0.15, 0.2) is 11.3 Å². The molecule has 0 aromatic carbocycles. The summed E-state index contributed by atoms with van der Waals surface area (Å²) in [5.41, 5.74) is 2.24. The molecule has 0 aromatic rings. The highest BCUT2D eigenvalue weighted by Gasteiger charge is 2.31. The van der Waals surface area contributed by atoms with Crippen LogP contribution in [0, 0.1) is 0 Å². The second-order valence-corrected chi connectivity index (χ2v) is 19.2. The van der Waals surface area contributed by atoms with Gasteiger partial charge >= 0.3 is 11.9 Å². The van der Waals surface area contributed by atoms with E-state index in [1.165, 1.54) is 193 Å². The van der Waals surface area contributed by atoms with Gasteiger partial charge in [0.1, 0.15) is 0 Å². The zero-order valence-corrected chi connectivity index (χ0v) is 32.3. The van der Waals surface area contributed by atoms with Crippen LogP contribution in [0.5, 0.6) is 0 Å². The van der Waals surface area contributed by atoms with Gasteiger partial charge in [0.2, 0.25) is 0 Å². The summed E-state index contributed by atoms with van der Waals surface area (Å²) in [5, 5.41) is 19.5. The molecule has 0 saturated carbocycles. The van der Waals surface area contributed by atoms with E-state index in [2.05, 4.69) is 26.5 Å². The first kappa shape index (κ1) is 44.9. The van der Waals surface area contributed by atoms with Crippen molar-refractivity contribution in [3.63, 3.8) is 0 Å². The second kappa shape index (κ2) is 33.8. The maximum Gasteiger partial charge on any atom is 0.331 e. The second-order valence-electron chi connectivity index (χ2n) is 14.7. The van der Waals surface area contributed by atoms with Crippen LogP contribution in [0.3, 0.4) is 0 Å². The van der Waals surface area contributed by atoms with Gasteiger partial charge in [-0.2, -0.15) is 0 Å². The van der Waals surface area contributed by atoms with Crippen LogP contribution in [-0.2, 0) is 9.59 Å². The molecule has 0 amide bonds. The third-order valence-electron chi connectivity index (χ3n) is 10.2. The molecule has 0 saturated heterocycles. The Morgan fingerprint density at radius 2 is 0.652 bits per heavy atom. The summed E-state index contributed by atoms with van der Waals surface area (Å²) < 4.78 is 0. The van der Waals surface area contributed by atoms with E-state index in [-0.39, 0.29) is 12.0 Å². The molecule has 0 radical (unpaired) electrons. The van der Waals surface area contributed by atoms with Crippen LogP contribution in [0.2, 0.25) is 18.1 Å². The maximum atomic E-state index is 12.2.